The Morgan fingerprint density at radius 1 is 1.05 bits per heavy atom. The van der Waals surface area contributed by atoms with E-state index in [1.54, 1.807) is 12.1 Å². The number of aryl methyl sites for hydroxylation is 1. The van der Waals surface area contributed by atoms with Crippen molar-refractivity contribution in [1.82, 2.24) is 0 Å². The maximum Gasteiger partial charge on any atom is 0.167 e. The number of hydrogen-bond donors (Lipinski definition) is 0. The fourth-order valence-electron chi connectivity index (χ4n) is 2.09. The number of rotatable bonds is 7. The lowest BCUT2D eigenvalue weighted by atomic mass is 10.0. The Morgan fingerprint density at radius 3 is 2.32 bits per heavy atom. The third kappa shape index (κ3) is 3.88. The first-order valence-electron chi connectivity index (χ1n) is 9.72. The van der Waals surface area contributed by atoms with E-state index in [-0.39, 0.29) is 12.0 Å². The van der Waals surface area contributed by atoms with E-state index < -0.39 is 36.0 Å². The van der Waals surface area contributed by atoms with E-state index >= 15 is 0 Å². The number of hydrogen-bond acceptors (Lipinski definition) is 3. The molecule has 2 aromatic rings. The lowest BCUT2D eigenvalue weighted by Gasteiger charge is -2.15. The van der Waals surface area contributed by atoms with Crippen LogP contribution in [-0.4, -0.2) is 19.0 Å². The van der Waals surface area contributed by atoms with Gasteiger partial charge in [0.15, 0.2) is 5.78 Å². The first kappa shape index (κ1) is 10.4. The summed E-state index contributed by atoms with van der Waals surface area (Å²) >= 11 is 0. The van der Waals surface area contributed by atoms with Crippen LogP contribution in [0.5, 0.6) is 11.5 Å². The fourth-order valence-corrected chi connectivity index (χ4v) is 2.09. The summed E-state index contributed by atoms with van der Waals surface area (Å²) in [6.07, 6.45) is -0.163. The van der Waals surface area contributed by atoms with Crippen LogP contribution in [0.4, 0.5) is 0 Å². The number of Topliss-reactive ketones (excluding diaryl/α,β-unsaturated/α-hetero) is 1. The van der Waals surface area contributed by atoms with Crippen molar-refractivity contribution in [2.75, 3.05) is 13.2 Å². The van der Waals surface area contributed by atoms with E-state index in [1.807, 2.05) is 20.8 Å². The maximum absolute atomic E-state index is 12.8. The van der Waals surface area contributed by atoms with Crippen molar-refractivity contribution >= 4 is 5.78 Å². The second-order valence-electron chi connectivity index (χ2n) is 4.69. The Kier molecular flexibility index (Phi) is 3.63. The molecule has 0 N–H and O–H groups in total. The molecule has 3 heteroatoms. The van der Waals surface area contributed by atoms with Crippen LogP contribution in [0.2, 0.25) is 0 Å². The molecule has 0 fully saturated rings. The number of ether oxygens (including phenoxy) is 2. The summed E-state index contributed by atoms with van der Waals surface area (Å²) in [6, 6.07) is 0.912. The van der Waals surface area contributed by atoms with Crippen molar-refractivity contribution in [3.8, 4) is 11.5 Å². The van der Waals surface area contributed by atoms with E-state index in [0.717, 1.165) is 5.56 Å². The topological polar surface area (TPSA) is 35.5 Å². The van der Waals surface area contributed by atoms with Gasteiger partial charge in [0.25, 0.3) is 0 Å². The molecule has 116 valence electrons. The predicted molar refractivity (Wildman–Crippen MR) is 88.0 cm³/mol. The van der Waals surface area contributed by atoms with Gasteiger partial charge in [-0.25, -0.2) is 0 Å². The SMILES string of the molecule is [2H]c1c([2H])c([2H])c(C(=O)Cc2cc(OCC)c(C)cc2OCC)c([2H])c1[2H]. The molecule has 0 aliphatic rings. The molecule has 0 bridgehead atoms. The van der Waals surface area contributed by atoms with Crippen LogP contribution in [0.1, 0.15) is 42.2 Å². The molecule has 0 atom stereocenters. The summed E-state index contributed by atoms with van der Waals surface area (Å²) < 4.78 is 50.2. The summed E-state index contributed by atoms with van der Waals surface area (Å²) in [5, 5.41) is 0. The summed E-state index contributed by atoms with van der Waals surface area (Å²) in [5.41, 5.74) is 1.09. The van der Waals surface area contributed by atoms with Crippen molar-refractivity contribution in [2.45, 2.75) is 27.2 Å². The summed E-state index contributed by atoms with van der Waals surface area (Å²) in [4.78, 5) is 12.8. The first-order chi connectivity index (χ1) is 12.7. The normalized spacial score (nSPS) is 13.5. The molecule has 2 aromatic carbocycles. The third-order valence-electron chi connectivity index (χ3n) is 3.09. The van der Waals surface area contributed by atoms with Gasteiger partial charge < -0.3 is 9.47 Å². The number of ketones is 1. The molecular formula is C19H22O3. The lowest BCUT2D eigenvalue weighted by Crippen LogP contribution is -2.07. The first-order valence-corrected chi connectivity index (χ1v) is 7.22. The highest BCUT2D eigenvalue weighted by atomic mass is 16.5. The Balaban J connectivity index is 2.51. The molecule has 2 rings (SSSR count). The van der Waals surface area contributed by atoms with Crippen molar-refractivity contribution < 1.29 is 21.1 Å². The molecule has 0 amide bonds. The van der Waals surface area contributed by atoms with Gasteiger partial charge in [-0.3, -0.25) is 4.79 Å². The molecule has 0 saturated heterocycles. The molecule has 3 nitrogen and oxygen atoms in total. The number of carbonyl (C=O) groups excluding carboxylic acids is 1. The summed E-state index contributed by atoms with van der Waals surface area (Å²) in [7, 11) is 0. The molecule has 0 spiro atoms. The Hall–Kier alpha value is -2.29. The van der Waals surface area contributed by atoms with Gasteiger partial charge in [0, 0.05) is 17.5 Å². The fraction of sp³-hybridized carbons (Fsp3) is 0.316. The average molecular weight is 303 g/mol. The van der Waals surface area contributed by atoms with Crippen molar-refractivity contribution in [1.29, 1.82) is 0 Å². The van der Waals surface area contributed by atoms with Gasteiger partial charge in [0.2, 0.25) is 0 Å². The number of benzene rings is 2. The minimum Gasteiger partial charge on any atom is -0.494 e. The molecule has 0 saturated carbocycles. The van der Waals surface area contributed by atoms with Crippen LogP contribution in [-0.2, 0) is 6.42 Å². The van der Waals surface area contributed by atoms with Gasteiger partial charge >= 0.3 is 0 Å². The van der Waals surface area contributed by atoms with Gasteiger partial charge in [-0.05, 0) is 38.5 Å². The number of carbonyl (C=O) groups is 1. The van der Waals surface area contributed by atoms with Gasteiger partial charge in [-0.1, -0.05) is 30.2 Å². The molecule has 22 heavy (non-hydrogen) atoms. The van der Waals surface area contributed by atoms with E-state index in [9.17, 15) is 4.79 Å². The molecule has 0 aliphatic heterocycles. The van der Waals surface area contributed by atoms with Crippen LogP contribution in [0.3, 0.4) is 0 Å². The highest BCUT2D eigenvalue weighted by Gasteiger charge is 2.14. The van der Waals surface area contributed by atoms with Crippen LogP contribution in [0, 0.1) is 6.92 Å². The zero-order chi connectivity index (χ0) is 20.3. The van der Waals surface area contributed by atoms with E-state index in [2.05, 4.69) is 0 Å². The second kappa shape index (κ2) is 7.64. The van der Waals surface area contributed by atoms with Crippen molar-refractivity contribution in [3.05, 3.63) is 59.0 Å². The molecule has 0 radical (unpaired) electrons. The van der Waals surface area contributed by atoms with Crippen molar-refractivity contribution in [3.63, 3.8) is 0 Å². The van der Waals surface area contributed by atoms with Crippen molar-refractivity contribution in [2.24, 2.45) is 0 Å². The molecule has 0 aromatic heterocycles. The second-order valence-corrected chi connectivity index (χ2v) is 4.69. The zero-order valence-electron chi connectivity index (χ0n) is 18.0. The quantitative estimate of drug-likeness (QED) is 0.718. The average Bonchev–Trinajstić information content (AvgIpc) is 2.62. The maximum atomic E-state index is 12.8. The van der Waals surface area contributed by atoms with Crippen LogP contribution >= 0.6 is 0 Å². The monoisotopic (exact) mass is 303 g/mol. The third-order valence-corrected chi connectivity index (χ3v) is 3.09. The summed E-state index contributed by atoms with van der Waals surface area (Å²) in [5.74, 6) is 0.559. The highest BCUT2D eigenvalue weighted by molar-refractivity contribution is 5.97. The van der Waals surface area contributed by atoms with Gasteiger partial charge in [0.1, 0.15) is 11.5 Å². The summed E-state index contributed by atoms with van der Waals surface area (Å²) in [6.45, 7) is 6.42. The molecule has 0 aliphatic carbocycles. The Morgan fingerprint density at radius 2 is 1.68 bits per heavy atom. The molecular weight excluding hydrogens is 276 g/mol. The van der Waals surface area contributed by atoms with Crippen LogP contribution in [0.15, 0.2) is 42.3 Å². The minimum absolute atomic E-state index is 0.163. The lowest BCUT2D eigenvalue weighted by molar-refractivity contribution is 0.0991. The Bertz CT molecular complexity index is 851. The van der Waals surface area contributed by atoms with Gasteiger partial charge in [-0.2, -0.15) is 0 Å². The largest absolute Gasteiger partial charge is 0.494 e. The standard InChI is InChI=1S/C19H22O3/c1-4-21-18-13-16(19(22-5-2)11-14(18)3)12-17(20)15-9-7-6-8-10-15/h6-11,13H,4-5,12H2,1-3H3/i6D,7D,8D,9D,10D. The highest BCUT2D eigenvalue weighted by Crippen LogP contribution is 2.29. The molecule has 0 heterocycles. The molecule has 0 unspecified atom stereocenters. The Labute approximate surface area is 138 Å². The van der Waals surface area contributed by atoms with E-state index in [4.69, 9.17) is 16.3 Å². The minimum atomic E-state index is -0.570. The van der Waals surface area contributed by atoms with Crippen LogP contribution < -0.4 is 9.47 Å². The van der Waals surface area contributed by atoms with Crippen LogP contribution in [0.25, 0.3) is 0 Å². The van der Waals surface area contributed by atoms with E-state index in [1.165, 1.54) is 0 Å². The predicted octanol–water partition coefficient (Wildman–Crippen LogP) is 4.22. The smallest absolute Gasteiger partial charge is 0.167 e. The van der Waals surface area contributed by atoms with E-state index in [0.29, 0.717) is 30.3 Å². The van der Waals surface area contributed by atoms with Gasteiger partial charge in [-0.15, -0.1) is 0 Å². The van der Waals surface area contributed by atoms with Gasteiger partial charge in [0.05, 0.1) is 20.1 Å². The zero-order valence-corrected chi connectivity index (χ0v) is 13.0.